The lowest BCUT2D eigenvalue weighted by molar-refractivity contribution is -0.179. The highest BCUT2D eigenvalue weighted by atomic mass is 16.7. The second-order valence-corrected chi connectivity index (χ2v) is 8.04. The smallest absolute Gasteiger partial charge is 0.315 e. The van der Waals surface area contributed by atoms with Gasteiger partial charge in [0.25, 0.3) is 0 Å². The van der Waals surface area contributed by atoms with Crippen molar-refractivity contribution in [3.05, 3.63) is 0 Å². The van der Waals surface area contributed by atoms with Crippen molar-refractivity contribution >= 4 is 6.03 Å². The van der Waals surface area contributed by atoms with Crippen LogP contribution in [0.5, 0.6) is 0 Å². The Balaban J connectivity index is 1.26. The van der Waals surface area contributed by atoms with E-state index in [-0.39, 0.29) is 29.3 Å². The number of amides is 2. The predicted octanol–water partition coefficient (Wildman–Crippen LogP) is 1.78. The van der Waals surface area contributed by atoms with Crippen LogP contribution in [0.4, 0.5) is 4.79 Å². The van der Waals surface area contributed by atoms with Crippen molar-refractivity contribution < 1.29 is 19.0 Å². The Morgan fingerprint density at radius 2 is 1.70 bits per heavy atom. The van der Waals surface area contributed by atoms with E-state index < -0.39 is 0 Å². The number of carbonyl (C=O) groups excluding carboxylic acids is 1. The van der Waals surface area contributed by atoms with Gasteiger partial charge < -0.3 is 24.8 Å². The fraction of sp³-hybridized carbons (Fsp3) is 0.941. The Hall–Kier alpha value is -0.850. The van der Waals surface area contributed by atoms with Crippen LogP contribution in [0, 0.1) is 11.3 Å². The van der Waals surface area contributed by atoms with Crippen LogP contribution in [0.1, 0.15) is 46.0 Å². The molecule has 0 aromatic heterocycles. The Kier molecular flexibility index (Phi) is 3.82. The number of rotatable bonds is 2. The molecule has 23 heavy (non-hydrogen) atoms. The highest BCUT2D eigenvalue weighted by Gasteiger charge is 2.59. The Bertz CT molecular complexity index is 465. The molecule has 2 saturated carbocycles. The number of nitrogens with one attached hydrogen (secondary N) is 2. The molecular weight excluding hydrogens is 296 g/mol. The molecule has 0 unspecified atom stereocenters. The van der Waals surface area contributed by atoms with Crippen LogP contribution in [0.25, 0.3) is 0 Å². The lowest BCUT2D eigenvalue weighted by Crippen LogP contribution is -2.68. The van der Waals surface area contributed by atoms with Crippen LogP contribution < -0.4 is 10.6 Å². The molecule has 2 aliphatic carbocycles. The van der Waals surface area contributed by atoms with Crippen LogP contribution in [0.3, 0.4) is 0 Å². The fourth-order valence-electron chi connectivity index (χ4n) is 4.97. The summed E-state index contributed by atoms with van der Waals surface area (Å²) >= 11 is 0. The van der Waals surface area contributed by atoms with Crippen LogP contribution in [-0.4, -0.2) is 49.8 Å². The Morgan fingerprint density at radius 1 is 1.00 bits per heavy atom. The van der Waals surface area contributed by atoms with Crippen LogP contribution >= 0.6 is 0 Å². The number of carbonyl (C=O) groups is 1. The van der Waals surface area contributed by atoms with Crippen LogP contribution in [0.15, 0.2) is 0 Å². The van der Waals surface area contributed by atoms with Gasteiger partial charge in [0.05, 0.1) is 19.3 Å². The molecular formula is C17H28N2O4. The zero-order valence-corrected chi connectivity index (χ0v) is 14.1. The third-order valence-electron chi connectivity index (χ3n) is 6.28. The van der Waals surface area contributed by atoms with Crippen molar-refractivity contribution in [3.63, 3.8) is 0 Å². The van der Waals surface area contributed by atoms with E-state index in [0.717, 1.165) is 38.7 Å². The zero-order chi connectivity index (χ0) is 16.1. The normalized spacial score (nSPS) is 40.4. The Morgan fingerprint density at radius 3 is 2.39 bits per heavy atom. The first-order valence-corrected chi connectivity index (χ1v) is 8.97. The van der Waals surface area contributed by atoms with E-state index in [2.05, 4.69) is 24.5 Å². The third-order valence-corrected chi connectivity index (χ3v) is 6.28. The minimum absolute atomic E-state index is 0.0284. The van der Waals surface area contributed by atoms with Gasteiger partial charge >= 0.3 is 6.03 Å². The van der Waals surface area contributed by atoms with E-state index in [1.54, 1.807) is 0 Å². The lowest BCUT2D eigenvalue weighted by atomic mass is 9.57. The van der Waals surface area contributed by atoms with Gasteiger partial charge in [0.1, 0.15) is 0 Å². The third kappa shape index (κ3) is 2.65. The summed E-state index contributed by atoms with van der Waals surface area (Å²) in [6, 6.07) is 0.390. The Labute approximate surface area is 137 Å². The lowest BCUT2D eigenvalue weighted by Gasteiger charge is -2.54. The van der Waals surface area contributed by atoms with Crippen molar-refractivity contribution in [1.29, 1.82) is 0 Å². The molecule has 2 aliphatic heterocycles. The van der Waals surface area contributed by atoms with E-state index in [0.29, 0.717) is 25.2 Å². The maximum atomic E-state index is 12.4. The van der Waals surface area contributed by atoms with Gasteiger partial charge in [-0.3, -0.25) is 0 Å². The van der Waals surface area contributed by atoms with Crippen molar-refractivity contribution in [2.45, 2.75) is 69.9 Å². The van der Waals surface area contributed by atoms with Crippen LogP contribution in [0.2, 0.25) is 0 Å². The second kappa shape index (κ2) is 5.60. The molecule has 4 rings (SSSR count). The monoisotopic (exact) mass is 324 g/mol. The van der Waals surface area contributed by atoms with Gasteiger partial charge in [-0.05, 0) is 19.3 Å². The number of hydrogen-bond donors (Lipinski definition) is 2. The second-order valence-electron chi connectivity index (χ2n) is 8.04. The summed E-state index contributed by atoms with van der Waals surface area (Å²) in [5.41, 5.74) is 0.0284. The summed E-state index contributed by atoms with van der Waals surface area (Å²) in [6.45, 7) is 6.58. The van der Waals surface area contributed by atoms with Gasteiger partial charge in [-0.2, -0.15) is 0 Å². The molecule has 130 valence electrons. The molecule has 3 atom stereocenters. The topological polar surface area (TPSA) is 68.8 Å². The number of ether oxygens (including phenoxy) is 3. The van der Waals surface area contributed by atoms with Crippen molar-refractivity contribution in [1.82, 2.24) is 10.6 Å². The van der Waals surface area contributed by atoms with E-state index in [1.165, 1.54) is 0 Å². The quantitative estimate of drug-likeness (QED) is 0.812. The molecule has 6 heteroatoms. The van der Waals surface area contributed by atoms with E-state index in [1.807, 2.05) is 0 Å². The van der Waals surface area contributed by atoms with Crippen molar-refractivity contribution in [2.75, 3.05) is 19.8 Å². The first-order valence-electron chi connectivity index (χ1n) is 8.97. The molecule has 2 heterocycles. The molecule has 4 fully saturated rings. The molecule has 0 aromatic rings. The average Bonchev–Trinajstić information content (AvgIpc) is 3.16. The summed E-state index contributed by atoms with van der Waals surface area (Å²) in [5.74, 6) is 0.115. The van der Waals surface area contributed by atoms with Crippen LogP contribution in [-0.2, 0) is 14.2 Å². The largest absolute Gasteiger partial charge is 0.377 e. The summed E-state index contributed by atoms with van der Waals surface area (Å²) < 4.78 is 17.3. The SMILES string of the molecule is CC1(C)[C@H](NC(=O)NC2CCC3(CC2)OCCO3)[C@@H]2CCO[C@H]21. The minimum Gasteiger partial charge on any atom is -0.377 e. The van der Waals surface area contributed by atoms with Crippen molar-refractivity contribution in [3.8, 4) is 0 Å². The minimum atomic E-state index is -0.362. The fourth-order valence-corrected chi connectivity index (χ4v) is 4.97. The first kappa shape index (κ1) is 15.7. The number of urea groups is 1. The predicted molar refractivity (Wildman–Crippen MR) is 84.0 cm³/mol. The number of hydrogen-bond acceptors (Lipinski definition) is 4. The molecule has 2 amide bonds. The molecule has 1 spiro atoms. The molecule has 0 radical (unpaired) electrons. The number of fused-ring (bicyclic) bond motifs is 1. The van der Waals surface area contributed by atoms with E-state index in [4.69, 9.17) is 14.2 Å². The van der Waals surface area contributed by atoms with Gasteiger partial charge in [-0.15, -0.1) is 0 Å². The zero-order valence-electron chi connectivity index (χ0n) is 14.1. The highest BCUT2D eigenvalue weighted by molar-refractivity contribution is 5.75. The van der Waals surface area contributed by atoms with Gasteiger partial charge in [0, 0.05) is 42.9 Å². The summed E-state index contributed by atoms with van der Waals surface area (Å²) in [7, 11) is 0. The molecule has 2 saturated heterocycles. The van der Waals surface area contributed by atoms with Gasteiger partial charge in [0.2, 0.25) is 0 Å². The molecule has 6 nitrogen and oxygen atoms in total. The van der Waals surface area contributed by atoms with Crippen molar-refractivity contribution in [2.24, 2.45) is 11.3 Å². The maximum Gasteiger partial charge on any atom is 0.315 e. The summed E-state index contributed by atoms with van der Waals surface area (Å²) in [4.78, 5) is 12.4. The first-order chi connectivity index (χ1) is 11.0. The molecule has 0 bridgehead atoms. The van der Waals surface area contributed by atoms with Gasteiger partial charge in [-0.25, -0.2) is 4.79 Å². The van der Waals surface area contributed by atoms with Gasteiger partial charge in [0.15, 0.2) is 5.79 Å². The average molecular weight is 324 g/mol. The molecule has 2 N–H and O–H groups in total. The maximum absolute atomic E-state index is 12.4. The highest BCUT2D eigenvalue weighted by Crippen LogP contribution is 2.52. The molecule has 4 aliphatic rings. The standard InChI is InChI=1S/C17H28N2O4/c1-16(2)13(12-5-8-21-14(12)16)19-15(20)18-11-3-6-17(7-4-11)22-9-10-23-17/h11-14H,3-10H2,1-2H3,(H2,18,19,20)/t12-,13+,14+/m0/s1. The summed E-state index contributed by atoms with van der Waals surface area (Å²) in [5, 5.41) is 6.33. The van der Waals surface area contributed by atoms with Gasteiger partial charge in [-0.1, -0.05) is 13.8 Å². The van der Waals surface area contributed by atoms with E-state index in [9.17, 15) is 4.79 Å². The molecule has 0 aromatic carbocycles. The van der Waals surface area contributed by atoms with E-state index >= 15 is 0 Å². The summed E-state index contributed by atoms with van der Waals surface area (Å²) in [6.07, 6.45) is 4.92.